The molecule has 19 heavy (non-hydrogen) atoms. The van der Waals surface area contributed by atoms with Crippen LogP contribution in [0.2, 0.25) is 0 Å². The first-order valence-corrected chi connectivity index (χ1v) is 8.28. The van der Waals surface area contributed by atoms with E-state index in [0.717, 1.165) is 0 Å². The molecule has 1 aromatic heterocycles. The Hall–Kier alpha value is -0.990. The van der Waals surface area contributed by atoms with Gasteiger partial charge in [0.15, 0.2) is 5.82 Å². The highest BCUT2D eigenvalue weighted by Crippen LogP contribution is 2.31. The summed E-state index contributed by atoms with van der Waals surface area (Å²) >= 11 is 3.20. The van der Waals surface area contributed by atoms with Gasteiger partial charge >= 0.3 is 0 Å². The molecule has 0 saturated carbocycles. The molecule has 0 spiro atoms. The van der Waals surface area contributed by atoms with Crippen LogP contribution in [-0.4, -0.2) is 23.2 Å². The molecule has 0 bridgehead atoms. The van der Waals surface area contributed by atoms with Crippen LogP contribution >= 0.6 is 26.6 Å². The smallest absolute Gasteiger partial charge is 0.296 e. The summed E-state index contributed by atoms with van der Waals surface area (Å²) in [7, 11) is 1.23. The molecule has 0 unspecified atom stereocenters. The molecule has 0 aliphatic heterocycles. The third kappa shape index (κ3) is 2.65. The zero-order chi connectivity index (χ0) is 14.2. The second-order valence-electron chi connectivity index (χ2n) is 3.58. The highest BCUT2D eigenvalue weighted by atomic mass is 79.9. The van der Waals surface area contributed by atoms with E-state index >= 15 is 0 Å². The van der Waals surface area contributed by atoms with Crippen LogP contribution in [0.25, 0.3) is 11.4 Å². The molecule has 0 N–H and O–H groups in total. The fraction of sp³-hybridized carbons (Fsp3) is 0.200. The number of nitrogens with zero attached hydrogens (tertiary/aromatic N) is 3. The van der Waals surface area contributed by atoms with Gasteiger partial charge in [0.1, 0.15) is 5.82 Å². The topological polar surface area (TPSA) is 64.8 Å². The normalized spacial score (nSPS) is 11.8. The molecule has 0 aliphatic carbocycles. The van der Waals surface area contributed by atoms with Crippen LogP contribution in [0.15, 0.2) is 27.8 Å². The molecule has 0 aliphatic rings. The second-order valence-corrected chi connectivity index (χ2v) is 6.90. The van der Waals surface area contributed by atoms with E-state index in [4.69, 9.17) is 10.7 Å². The van der Waals surface area contributed by atoms with Gasteiger partial charge in [0.25, 0.3) is 14.2 Å². The lowest BCUT2D eigenvalue weighted by Gasteiger charge is -2.08. The minimum absolute atomic E-state index is 0.103. The fourth-order valence-corrected chi connectivity index (χ4v) is 3.13. The van der Waals surface area contributed by atoms with Gasteiger partial charge in [-0.15, -0.1) is 10.2 Å². The lowest BCUT2D eigenvalue weighted by molar-refractivity contribution is 0.581. The summed E-state index contributed by atoms with van der Waals surface area (Å²) in [6.07, 6.45) is 0. The molecule has 1 heterocycles. The standard InChI is InChI=1S/C10H8BrClFN3O2S/c1-2-16-9(14-15-10(16)19(12,17)18)8-6(11)4-3-5-7(8)13/h3-5H,2H2,1H3. The molecule has 0 radical (unpaired) electrons. The molecule has 5 nitrogen and oxygen atoms in total. The van der Waals surface area contributed by atoms with Crippen LogP contribution in [0.4, 0.5) is 4.39 Å². The Bertz CT molecular complexity index is 712. The van der Waals surface area contributed by atoms with Crippen molar-refractivity contribution in [2.75, 3.05) is 0 Å². The third-order valence-corrected chi connectivity index (χ3v) is 4.25. The Labute approximate surface area is 122 Å². The van der Waals surface area contributed by atoms with Crippen LogP contribution in [0, 0.1) is 5.82 Å². The van der Waals surface area contributed by atoms with Gasteiger partial charge in [0, 0.05) is 21.7 Å². The Kier molecular flexibility index (Phi) is 3.93. The molecule has 0 saturated heterocycles. The summed E-state index contributed by atoms with van der Waals surface area (Å²) in [5.41, 5.74) is 0.142. The summed E-state index contributed by atoms with van der Waals surface area (Å²) in [6.45, 7) is 1.93. The number of halogens is 3. The van der Waals surface area contributed by atoms with Gasteiger partial charge in [-0.25, -0.2) is 12.8 Å². The Morgan fingerprint density at radius 2 is 2.11 bits per heavy atom. The van der Waals surface area contributed by atoms with E-state index in [2.05, 4.69) is 26.1 Å². The minimum Gasteiger partial charge on any atom is -0.297 e. The third-order valence-electron chi connectivity index (χ3n) is 2.44. The van der Waals surface area contributed by atoms with Crippen LogP contribution in [0.5, 0.6) is 0 Å². The molecule has 2 rings (SSSR count). The van der Waals surface area contributed by atoms with Gasteiger partial charge in [0.05, 0.1) is 5.56 Å². The van der Waals surface area contributed by atoms with Crippen LogP contribution in [0.3, 0.4) is 0 Å². The summed E-state index contributed by atoms with van der Waals surface area (Å²) in [5, 5.41) is 6.85. The molecule has 2 aromatic rings. The van der Waals surface area contributed by atoms with Crippen molar-refractivity contribution in [3.63, 3.8) is 0 Å². The van der Waals surface area contributed by atoms with Crippen LogP contribution in [0.1, 0.15) is 6.92 Å². The monoisotopic (exact) mass is 367 g/mol. The largest absolute Gasteiger partial charge is 0.297 e. The van der Waals surface area contributed by atoms with E-state index in [1.165, 1.54) is 16.7 Å². The quantitative estimate of drug-likeness (QED) is 0.782. The van der Waals surface area contributed by atoms with Gasteiger partial charge in [-0.3, -0.25) is 4.57 Å². The molecule has 0 atom stereocenters. The van der Waals surface area contributed by atoms with E-state index in [0.29, 0.717) is 4.47 Å². The Morgan fingerprint density at radius 3 is 2.63 bits per heavy atom. The molecule has 102 valence electrons. The van der Waals surface area contributed by atoms with Gasteiger partial charge in [-0.05, 0) is 35.0 Å². The number of hydrogen-bond donors (Lipinski definition) is 0. The van der Waals surface area contributed by atoms with E-state index in [1.54, 1.807) is 13.0 Å². The number of aromatic nitrogens is 3. The molecular weight excluding hydrogens is 361 g/mol. The summed E-state index contributed by atoms with van der Waals surface area (Å²) in [4.78, 5) is 0. The van der Waals surface area contributed by atoms with Gasteiger partial charge in [-0.1, -0.05) is 6.07 Å². The zero-order valence-electron chi connectivity index (χ0n) is 9.64. The Balaban J connectivity index is 2.75. The molecule has 0 amide bonds. The highest BCUT2D eigenvalue weighted by Gasteiger charge is 2.24. The van der Waals surface area contributed by atoms with Crippen LogP contribution in [-0.2, 0) is 15.6 Å². The first kappa shape index (κ1) is 14.4. The van der Waals surface area contributed by atoms with E-state index in [1.807, 2.05) is 0 Å². The van der Waals surface area contributed by atoms with E-state index in [9.17, 15) is 12.8 Å². The summed E-state index contributed by atoms with van der Waals surface area (Å²) < 4.78 is 38.3. The average molecular weight is 369 g/mol. The van der Waals surface area contributed by atoms with E-state index in [-0.39, 0.29) is 17.9 Å². The van der Waals surface area contributed by atoms with Crippen molar-refractivity contribution in [2.45, 2.75) is 18.6 Å². The van der Waals surface area contributed by atoms with Crippen molar-refractivity contribution in [2.24, 2.45) is 0 Å². The zero-order valence-corrected chi connectivity index (χ0v) is 12.8. The molecule has 0 fully saturated rings. The number of benzene rings is 1. The number of rotatable bonds is 3. The molecule has 1 aromatic carbocycles. The lowest BCUT2D eigenvalue weighted by Crippen LogP contribution is -2.07. The maximum Gasteiger partial charge on any atom is 0.296 e. The van der Waals surface area contributed by atoms with Gasteiger partial charge < -0.3 is 0 Å². The van der Waals surface area contributed by atoms with Crippen molar-refractivity contribution < 1.29 is 12.8 Å². The highest BCUT2D eigenvalue weighted by molar-refractivity contribution is 9.10. The lowest BCUT2D eigenvalue weighted by atomic mass is 10.2. The van der Waals surface area contributed by atoms with Crippen molar-refractivity contribution in [1.29, 1.82) is 0 Å². The number of hydrogen-bond acceptors (Lipinski definition) is 4. The van der Waals surface area contributed by atoms with Crippen molar-refractivity contribution in [3.05, 3.63) is 28.5 Å². The van der Waals surface area contributed by atoms with E-state index < -0.39 is 20.0 Å². The fourth-order valence-electron chi connectivity index (χ4n) is 1.65. The van der Waals surface area contributed by atoms with Crippen LogP contribution < -0.4 is 0 Å². The predicted octanol–water partition coefficient (Wildman–Crippen LogP) is 2.79. The average Bonchev–Trinajstić information content (AvgIpc) is 2.72. The second kappa shape index (κ2) is 5.18. The first-order chi connectivity index (χ1) is 8.86. The van der Waals surface area contributed by atoms with Gasteiger partial charge in [0.2, 0.25) is 0 Å². The van der Waals surface area contributed by atoms with Crippen molar-refractivity contribution >= 4 is 35.7 Å². The maximum absolute atomic E-state index is 13.9. The SMILES string of the molecule is CCn1c(-c2c(F)cccc2Br)nnc1S(=O)(=O)Cl. The maximum atomic E-state index is 13.9. The molecule has 9 heteroatoms. The first-order valence-electron chi connectivity index (χ1n) is 5.18. The summed E-state index contributed by atoms with van der Waals surface area (Å²) in [6, 6.07) is 4.40. The minimum atomic E-state index is -4.03. The van der Waals surface area contributed by atoms with Crippen molar-refractivity contribution in [1.82, 2.24) is 14.8 Å². The predicted molar refractivity (Wildman–Crippen MR) is 71.8 cm³/mol. The molecular formula is C10H8BrClFN3O2S. The van der Waals surface area contributed by atoms with Crippen molar-refractivity contribution in [3.8, 4) is 11.4 Å². The Morgan fingerprint density at radius 1 is 1.42 bits per heavy atom. The van der Waals surface area contributed by atoms with Gasteiger partial charge in [-0.2, -0.15) is 0 Å². The summed E-state index contributed by atoms with van der Waals surface area (Å²) in [5.74, 6) is -0.429.